The number of nitrogens with zero attached hydrogens (tertiary/aromatic N) is 1. The average molecular weight is 537 g/mol. The van der Waals surface area contributed by atoms with Crippen molar-refractivity contribution in [1.29, 1.82) is 0 Å². The van der Waals surface area contributed by atoms with Crippen LogP contribution in [0.4, 0.5) is 0 Å². The third-order valence-corrected chi connectivity index (χ3v) is 9.01. The topological polar surface area (TPSA) is 115 Å². The summed E-state index contributed by atoms with van der Waals surface area (Å²) in [5.41, 5.74) is 1.44. The van der Waals surface area contributed by atoms with Crippen molar-refractivity contribution in [3.05, 3.63) is 90.5 Å². The highest BCUT2D eigenvalue weighted by Gasteiger charge is 2.25. The SMILES string of the molecule is Cc1ccc(S(=O)(=O)OCCCOc2ccc3n[nH]c(S(=O)(=O)c4cccc5ccccc45)c3c2)cc1. The molecule has 0 unspecified atom stereocenters. The van der Waals surface area contributed by atoms with Crippen LogP contribution in [0.1, 0.15) is 12.0 Å². The maximum atomic E-state index is 13.6. The van der Waals surface area contributed by atoms with Gasteiger partial charge in [-0.3, -0.25) is 9.28 Å². The molecular formula is C27H24N2O6S2. The van der Waals surface area contributed by atoms with Gasteiger partial charge in [-0.1, -0.05) is 54.1 Å². The maximum Gasteiger partial charge on any atom is 0.296 e. The van der Waals surface area contributed by atoms with Crippen LogP contribution in [0.25, 0.3) is 21.7 Å². The van der Waals surface area contributed by atoms with E-state index in [2.05, 4.69) is 10.2 Å². The molecular weight excluding hydrogens is 512 g/mol. The molecule has 8 nitrogen and oxygen atoms in total. The fourth-order valence-electron chi connectivity index (χ4n) is 3.99. The predicted molar refractivity (Wildman–Crippen MR) is 140 cm³/mol. The number of hydrogen-bond acceptors (Lipinski definition) is 7. The Labute approximate surface area is 214 Å². The summed E-state index contributed by atoms with van der Waals surface area (Å²) in [4.78, 5) is 0.291. The number of hydrogen-bond donors (Lipinski definition) is 1. The van der Waals surface area contributed by atoms with Gasteiger partial charge in [-0.15, -0.1) is 0 Å². The van der Waals surface area contributed by atoms with Gasteiger partial charge in [0.25, 0.3) is 10.1 Å². The van der Waals surface area contributed by atoms with E-state index < -0.39 is 20.0 Å². The van der Waals surface area contributed by atoms with E-state index in [1.165, 1.54) is 12.1 Å². The van der Waals surface area contributed by atoms with Crippen molar-refractivity contribution in [3.63, 3.8) is 0 Å². The Morgan fingerprint density at radius 2 is 1.57 bits per heavy atom. The van der Waals surface area contributed by atoms with Crippen molar-refractivity contribution in [3.8, 4) is 5.75 Å². The highest BCUT2D eigenvalue weighted by atomic mass is 32.2. The Morgan fingerprint density at radius 3 is 2.38 bits per heavy atom. The predicted octanol–water partition coefficient (Wildman–Crippen LogP) is 5.03. The number of H-pyrrole nitrogens is 1. The Hall–Kier alpha value is -3.73. The van der Waals surface area contributed by atoms with Gasteiger partial charge in [0.15, 0.2) is 5.03 Å². The number of sulfone groups is 1. The number of aromatic amines is 1. The van der Waals surface area contributed by atoms with E-state index in [0.29, 0.717) is 28.5 Å². The summed E-state index contributed by atoms with van der Waals surface area (Å²) in [5.74, 6) is 0.435. The lowest BCUT2D eigenvalue weighted by Crippen LogP contribution is -2.10. The van der Waals surface area contributed by atoms with Crippen LogP contribution in [0.2, 0.25) is 0 Å². The zero-order valence-electron chi connectivity index (χ0n) is 19.9. The van der Waals surface area contributed by atoms with E-state index in [-0.39, 0.29) is 28.0 Å². The van der Waals surface area contributed by atoms with Gasteiger partial charge < -0.3 is 4.74 Å². The third-order valence-electron chi connectivity index (χ3n) is 5.90. The van der Waals surface area contributed by atoms with E-state index in [9.17, 15) is 16.8 Å². The highest BCUT2D eigenvalue weighted by Crippen LogP contribution is 2.32. The van der Waals surface area contributed by atoms with E-state index in [0.717, 1.165) is 10.9 Å². The normalized spacial score (nSPS) is 12.2. The molecule has 0 aliphatic heterocycles. The quantitative estimate of drug-likeness (QED) is 0.207. The Balaban J connectivity index is 1.29. The summed E-state index contributed by atoms with van der Waals surface area (Å²) < 4.78 is 62.6. The van der Waals surface area contributed by atoms with Crippen LogP contribution in [0.3, 0.4) is 0 Å². The second-order valence-corrected chi connectivity index (χ2v) is 12.0. The fourth-order valence-corrected chi connectivity index (χ4v) is 6.51. The van der Waals surface area contributed by atoms with Gasteiger partial charge in [0.2, 0.25) is 9.84 Å². The monoisotopic (exact) mass is 536 g/mol. The van der Waals surface area contributed by atoms with Gasteiger partial charge in [-0.05, 0) is 48.7 Å². The number of fused-ring (bicyclic) bond motifs is 2. The first-order valence-electron chi connectivity index (χ1n) is 11.6. The summed E-state index contributed by atoms with van der Waals surface area (Å²) in [6.07, 6.45) is 0.315. The molecule has 37 heavy (non-hydrogen) atoms. The lowest BCUT2D eigenvalue weighted by molar-refractivity contribution is 0.251. The van der Waals surface area contributed by atoms with Crippen LogP contribution in [0, 0.1) is 6.92 Å². The van der Waals surface area contributed by atoms with Crippen LogP contribution < -0.4 is 4.74 Å². The van der Waals surface area contributed by atoms with Crippen LogP contribution in [0.5, 0.6) is 5.75 Å². The fraction of sp³-hybridized carbons (Fsp3) is 0.148. The molecule has 1 heterocycles. The highest BCUT2D eigenvalue weighted by molar-refractivity contribution is 7.91. The maximum absolute atomic E-state index is 13.6. The second-order valence-electron chi connectivity index (χ2n) is 8.50. The molecule has 5 rings (SSSR count). The molecule has 0 aliphatic rings. The molecule has 5 aromatic rings. The molecule has 1 N–H and O–H groups in total. The second kappa shape index (κ2) is 9.97. The van der Waals surface area contributed by atoms with E-state index in [1.54, 1.807) is 54.6 Å². The molecule has 190 valence electrons. The Kier molecular flexibility index (Phi) is 6.72. The third kappa shape index (κ3) is 5.08. The molecule has 0 spiro atoms. The molecule has 10 heteroatoms. The van der Waals surface area contributed by atoms with Crippen molar-refractivity contribution in [2.45, 2.75) is 28.2 Å². The van der Waals surface area contributed by atoms with E-state index in [1.807, 2.05) is 25.1 Å². The van der Waals surface area contributed by atoms with Gasteiger partial charge in [0.05, 0.1) is 28.5 Å². The lowest BCUT2D eigenvalue weighted by atomic mass is 10.1. The smallest absolute Gasteiger partial charge is 0.296 e. The largest absolute Gasteiger partial charge is 0.493 e. The Bertz CT molecular complexity index is 1790. The van der Waals surface area contributed by atoms with Gasteiger partial charge in [-0.2, -0.15) is 13.5 Å². The first kappa shape index (κ1) is 24.9. The molecule has 0 saturated heterocycles. The van der Waals surface area contributed by atoms with Crippen molar-refractivity contribution in [1.82, 2.24) is 10.2 Å². The number of nitrogens with one attached hydrogen (secondary N) is 1. The van der Waals surface area contributed by atoms with E-state index >= 15 is 0 Å². The molecule has 1 aromatic heterocycles. The molecule has 0 fully saturated rings. The zero-order valence-corrected chi connectivity index (χ0v) is 21.6. The zero-order chi connectivity index (χ0) is 26.0. The molecule has 0 aliphatic carbocycles. The summed E-state index contributed by atoms with van der Waals surface area (Å²) in [6, 6.07) is 23.8. The van der Waals surface area contributed by atoms with Crippen molar-refractivity contribution < 1.29 is 25.8 Å². The molecule has 0 radical (unpaired) electrons. The number of rotatable bonds is 9. The van der Waals surface area contributed by atoms with Crippen LogP contribution >= 0.6 is 0 Å². The standard InChI is InChI=1S/C27H24N2O6S2/c1-19-10-13-22(14-11-19)37(32,33)35-17-5-16-34-21-12-15-25-24(18-21)27(29-28-25)36(30,31)26-9-4-7-20-6-2-3-8-23(20)26/h2-4,6-15,18H,5,16-17H2,1H3,(H,28,29). The van der Waals surface area contributed by atoms with E-state index in [4.69, 9.17) is 8.92 Å². The minimum Gasteiger partial charge on any atom is -0.493 e. The molecule has 4 aromatic carbocycles. The summed E-state index contributed by atoms with van der Waals surface area (Å²) >= 11 is 0. The Morgan fingerprint density at radius 1 is 0.811 bits per heavy atom. The summed E-state index contributed by atoms with van der Waals surface area (Å²) in [7, 11) is -7.74. The van der Waals surface area contributed by atoms with Crippen LogP contribution in [-0.2, 0) is 24.1 Å². The van der Waals surface area contributed by atoms with Gasteiger partial charge in [0, 0.05) is 17.2 Å². The molecule has 0 saturated carbocycles. The molecule has 0 bridgehead atoms. The summed E-state index contributed by atoms with van der Waals surface area (Å²) in [5, 5.41) is 8.67. The summed E-state index contributed by atoms with van der Waals surface area (Å²) in [6.45, 7) is 2.00. The van der Waals surface area contributed by atoms with Gasteiger partial charge in [0.1, 0.15) is 5.75 Å². The number of ether oxygens (including phenoxy) is 1. The minimum absolute atomic E-state index is 0.0168. The van der Waals surface area contributed by atoms with Crippen LogP contribution in [-0.4, -0.2) is 40.2 Å². The number of benzene rings is 4. The van der Waals surface area contributed by atoms with Crippen molar-refractivity contribution >= 4 is 41.6 Å². The minimum atomic E-state index is -3.90. The van der Waals surface area contributed by atoms with Crippen molar-refractivity contribution in [2.24, 2.45) is 0 Å². The lowest BCUT2D eigenvalue weighted by Gasteiger charge is -2.09. The number of aromatic nitrogens is 2. The molecule has 0 amide bonds. The first-order chi connectivity index (χ1) is 17.8. The van der Waals surface area contributed by atoms with Crippen molar-refractivity contribution in [2.75, 3.05) is 13.2 Å². The van der Waals surface area contributed by atoms with Crippen LogP contribution in [0.15, 0.2) is 99.7 Å². The van der Waals surface area contributed by atoms with Gasteiger partial charge in [-0.25, -0.2) is 8.42 Å². The average Bonchev–Trinajstić information content (AvgIpc) is 3.32. The number of aryl methyl sites for hydroxylation is 1. The molecule has 0 atom stereocenters. The van der Waals surface area contributed by atoms with Gasteiger partial charge >= 0.3 is 0 Å². The first-order valence-corrected chi connectivity index (χ1v) is 14.4.